The molecule has 2 aliphatic rings. The van der Waals surface area contributed by atoms with Crippen LogP contribution in [0.2, 0.25) is 0 Å². The zero-order valence-corrected chi connectivity index (χ0v) is 16.8. The number of benzene rings is 2. The second-order valence-corrected chi connectivity index (χ2v) is 7.72. The molecule has 30 heavy (non-hydrogen) atoms. The van der Waals surface area contributed by atoms with Gasteiger partial charge in [-0.25, -0.2) is 0 Å². The monoisotopic (exact) mass is 409 g/mol. The first kappa shape index (κ1) is 20.5. The zero-order chi connectivity index (χ0) is 20.9. The molecule has 1 fully saturated rings. The standard InChI is InChI=1S/C23H27N3O4/c27-21(20-13-18-3-1-2-4-19(18)14-24-20)15-25-22(28)16-5-7-17(8-6-16)23(29)26-9-11-30-12-10-26/h1-8,20-21,24,27H,9-15H2,(H,25,28)/t20-,21?/m0/s1. The van der Waals surface area contributed by atoms with E-state index in [2.05, 4.69) is 22.8 Å². The van der Waals surface area contributed by atoms with Crippen LogP contribution in [-0.2, 0) is 17.7 Å². The Balaban J connectivity index is 1.29. The summed E-state index contributed by atoms with van der Waals surface area (Å²) in [7, 11) is 0. The molecule has 158 valence electrons. The molecule has 0 aromatic heterocycles. The number of morpholine rings is 1. The van der Waals surface area contributed by atoms with E-state index in [0.717, 1.165) is 6.42 Å². The molecular formula is C23H27N3O4. The molecule has 2 heterocycles. The Morgan fingerprint density at radius 2 is 1.73 bits per heavy atom. The van der Waals surface area contributed by atoms with Crippen LogP contribution in [0.4, 0.5) is 0 Å². The van der Waals surface area contributed by atoms with E-state index < -0.39 is 6.10 Å². The largest absolute Gasteiger partial charge is 0.390 e. The maximum Gasteiger partial charge on any atom is 0.254 e. The smallest absolute Gasteiger partial charge is 0.254 e. The second kappa shape index (κ2) is 9.38. The number of nitrogens with one attached hydrogen (secondary N) is 2. The van der Waals surface area contributed by atoms with Crippen molar-refractivity contribution in [2.45, 2.75) is 25.1 Å². The molecule has 3 N–H and O–H groups in total. The quantitative estimate of drug-likeness (QED) is 0.685. The molecule has 1 unspecified atom stereocenters. The number of carbonyl (C=O) groups is 2. The molecule has 2 aromatic rings. The van der Waals surface area contributed by atoms with Crippen LogP contribution in [0.25, 0.3) is 0 Å². The van der Waals surface area contributed by atoms with Gasteiger partial charge in [0.2, 0.25) is 0 Å². The van der Waals surface area contributed by atoms with Gasteiger partial charge >= 0.3 is 0 Å². The van der Waals surface area contributed by atoms with Crippen LogP contribution in [0.15, 0.2) is 48.5 Å². The number of amides is 2. The van der Waals surface area contributed by atoms with E-state index in [1.165, 1.54) is 11.1 Å². The summed E-state index contributed by atoms with van der Waals surface area (Å²) in [6, 6.07) is 14.7. The third-order valence-electron chi connectivity index (χ3n) is 5.74. The highest BCUT2D eigenvalue weighted by molar-refractivity contribution is 5.97. The van der Waals surface area contributed by atoms with Gasteiger partial charge in [0.15, 0.2) is 0 Å². The van der Waals surface area contributed by atoms with Crippen molar-refractivity contribution in [1.82, 2.24) is 15.5 Å². The highest BCUT2D eigenvalue weighted by Crippen LogP contribution is 2.18. The molecule has 7 heteroatoms. The molecule has 0 bridgehead atoms. The van der Waals surface area contributed by atoms with Crippen molar-refractivity contribution in [2.24, 2.45) is 0 Å². The van der Waals surface area contributed by atoms with Crippen molar-refractivity contribution in [2.75, 3.05) is 32.8 Å². The van der Waals surface area contributed by atoms with Gasteiger partial charge in [-0.15, -0.1) is 0 Å². The van der Waals surface area contributed by atoms with Gasteiger partial charge < -0.3 is 25.4 Å². The number of fused-ring (bicyclic) bond motifs is 1. The highest BCUT2D eigenvalue weighted by Gasteiger charge is 2.25. The first-order valence-corrected chi connectivity index (χ1v) is 10.4. The first-order chi connectivity index (χ1) is 14.6. The molecule has 2 atom stereocenters. The average molecular weight is 409 g/mol. The molecule has 7 nitrogen and oxygen atoms in total. The molecule has 2 amide bonds. The fourth-order valence-corrected chi connectivity index (χ4v) is 3.91. The maximum absolute atomic E-state index is 12.5. The number of carbonyl (C=O) groups excluding carboxylic acids is 2. The van der Waals surface area contributed by atoms with Gasteiger partial charge in [-0.3, -0.25) is 9.59 Å². The van der Waals surface area contributed by atoms with Gasteiger partial charge in [-0.1, -0.05) is 24.3 Å². The van der Waals surface area contributed by atoms with E-state index in [1.807, 2.05) is 12.1 Å². The Kier molecular flexibility index (Phi) is 6.42. The van der Waals surface area contributed by atoms with Crippen molar-refractivity contribution in [3.8, 4) is 0 Å². The second-order valence-electron chi connectivity index (χ2n) is 7.72. The number of hydrogen-bond donors (Lipinski definition) is 3. The van der Waals surface area contributed by atoms with Crippen LogP contribution in [0.1, 0.15) is 31.8 Å². The normalized spacial score (nSPS) is 19.6. The summed E-state index contributed by atoms with van der Waals surface area (Å²) in [5.74, 6) is -0.319. The summed E-state index contributed by atoms with van der Waals surface area (Å²) in [5.41, 5.74) is 3.49. The van der Waals surface area contributed by atoms with E-state index in [4.69, 9.17) is 4.74 Å². The number of hydrogen-bond acceptors (Lipinski definition) is 5. The minimum Gasteiger partial charge on any atom is -0.390 e. The lowest BCUT2D eigenvalue weighted by atomic mass is 9.93. The van der Waals surface area contributed by atoms with Crippen molar-refractivity contribution >= 4 is 11.8 Å². The summed E-state index contributed by atoms with van der Waals surface area (Å²) < 4.78 is 5.27. The molecule has 0 radical (unpaired) electrons. The van der Waals surface area contributed by atoms with Crippen molar-refractivity contribution in [3.05, 3.63) is 70.8 Å². The third-order valence-corrected chi connectivity index (χ3v) is 5.74. The summed E-state index contributed by atoms with van der Waals surface area (Å²) in [6.45, 7) is 3.14. The molecule has 2 aliphatic heterocycles. The lowest BCUT2D eigenvalue weighted by Crippen LogP contribution is -2.49. The van der Waals surface area contributed by atoms with Crippen molar-refractivity contribution in [3.63, 3.8) is 0 Å². The number of aliphatic hydroxyl groups excluding tert-OH is 1. The topological polar surface area (TPSA) is 90.9 Å². The number of nitrogens with zero attached hydrogens (tertiary/aromatic N) is 1. The third kappa shape index (κ3) is 4.70. The van der Waals surface area contributed by atoms with Crippen LogP contribution in [-0.4, -0.2) is 66.8 Å². The number of aliphatic hydroxyl groups is 1. The first-order valence-electron chi connectivity index (χ1n) is 10.4. The van der Waals surface area contributed by atoms with E-state index in [9.17, 15) is 14.7 Å². The van der Waals surface area contributed by atoms with Gasteiger partial charge in [-0.05, 0) is 41.8 Å². The highest BCUT2D eigenvalue weighted by atomic mass is 16.5. The van der Waals surface area contributed by atoms with Gasteiger partial charge in [0, 0.05) is 43.3 Å². The molecular weight excluding hydrogens is 382 g/mol. The lowest BCUT2D eigenvalue weighted by Gasteiger charge is -2.30. The predicted molar refractivity (Wildman–Crippen MR) is 112 cm³/mol. The van der Waals surface area contributed by atoms with Crippen molar-refractivity contribution < 1.29 is 19.4 Å². The molecule has 0 saturated carbocycles. The van der Waals surface area contributed by atoms with E-state index in [1.54, 1.807) is 29.2 Å². The fourth-order valence-electron chi connectivity index (χ4n) is 3.91. The van der Waals surface area contributed by atoms with Gasteiger partial charge in [-0.2, -0.15) is 0 Å². The Morgan fingerprint density at radius 1 is 1.07 bits per heavy atom. The SMILES string of the molecule is O=C(NCC(O)[C@@H]1Cc2ccccc2CN1)c1ccc(C(=O)N2CCOCC2)cc1. The summed E-state index contributed by atoms with van der Waals surface area (Å²) in [6.07, 6.45) is 0.0374. The number of ether oxygens (including phenoxy) is 1. The Bertz CT molecular complexity index is 894. The van der Waals surface area contributed by atoms with E-state index in [0.29, 0.717) is 44.0 Å². The lowest BCUT2D eigenvalue weighted by molar-refractivity contribution is 0.0303. The number of rotatable bonds is 5. The van der Waals surface area contributed by atoms with Crippen LogP contribution in [0, 0.1) is 0 Å². The summed E-state index contributed by atoms with van der Waals surface area (Å²) >= 11 is 0. The van der Waals surface area contributed by atoms with Gasteiger partial charge in [0.05, 0.1) is 19.3 Å². The van der Waals surface area contributed by atoms with E-state index in [-0.39, 0.29) is 24.4 Å². The molecule has 1 saturated heterocycles. The van der Waals surface area contributed by atoms with Crippen molar-refractivity contribution in [1.29, 1.82) is 0 Å². The van der Waals surface area contributed by atoms with Crippen LogP contribution >= 0.6 is 0 Å². The average Bonchev–Trinajstić information content (AvgIpc) is 2.82. The Labute approximate surface area is 176 Å². The van der Waals surface area contributed by atoms with Gasteiger partial charge in [0.25, 0.3) is 11.8 Å². The summed E-state index contributed by atoms with van der Waals surface area (Å²) in [4.78, 5) is 26.7. The summed E-state index contributed by atoms with van der Waals surface area (Å²) in [5, 5.41) is 16.6. The van der Waals surface area contributed by atoms with E-state index >= 15 is 0 Å². The van der Waals surface area contributed by atoms with Crippen LogP contribution < -0.4 is 10.6 Å². The molecule has 4 rings (SSSR count). The Morgan fingerprint density at radius 3 is 2.47 bits per heavy atom. The molecule has 0 aliphatic carbocycles. The minimum absolute atomic E-state index is 0.0515. The van der Waals surface area contributed by atoms with Crippen LogP contribution in [0.5, 0.6) is 0 Å². The molecule has 0 spiro atoms. The minimum atomic E-state index is -0.690. The maximum atomic E-state index is 12.5. The Hall–Kier alpha value is -2.74. The van der Waals surface area contributed by atoms with Gasteiger partial charge in [0.1, 0.15) is 0 Å². The molecule has 2 aromatic carbocycles. The predicted octanol–water partition coefficient (Wildman–Crippen LogP) is 0.964. The fraction of sp³-hybridized carbons (Fsp3) is 0.391. The van der Waals surface area contributed by atoms with Crippen LogP contribution in [0.3, 0.4) is 0 Å². The zero-order valence-electron chi connectivity index (χ0n) is 16.8.